The van der Waals surface area contributed by atoms with E-state index in [-0.39, 0.29) is 0 Å². The van der Waals surface area contributed by atoms with Crippen LogP contribution in [0.25, 0.3) is 27.7 Å². The molecule has 0 aliphatic heterocycles. The van der Waals surface area contributed by atoms with Crippen LogP contribution in [0.4, 0.5) is 4.79 Å². The van der Waals surface area contributed by atoms with Gasteiger partial charge in [0.05, 0.1) is 18.4 Å². The van der Waals surface area contributed by atoms with Gasteiger partial charge in [0.1, 0.15) is 16.9 Å². The number of benzene rings is 1. The second-order valence-corrected chi connectivity index (χ2v) is 9.10. The number of nitrogens with zero attached hydrogens (tertiary/aromatic N) is 6. The first-order valence-corrected chi connectivity index (χ1v) is 11.0. The monoisotopic (exact) mass is 455 g/mol. The van der Waals surface area contributed by atoms with Gasteiger partial charge in [0, 0.05) is 42.3 Å². The fraction of sp³-hybridized carbons (Fsp3) is 0.240. The van der Waals surface area contributed by atoms with E-state index >= 15 is 0 Å². The predicted molar refractivity (Wildman–Crippen MR) is 128 cm³/mol. The largest absolute Gasteiger partial charge is 0.444 e. The second-order valence-electron chi connectivity index (χ2n) is 9.10. The molecule has 0 atom stereocenters. The fourth-order valence-corrected chi connectivity index (χ4v) is 3.75. The Bertz CT molecular complexity index is 1470. The average Bonchev–Trinajstić information content (AvgIpc) is 3.42. The molecule has 34 heavy (non-hydrogen) atoms. The van der Waals surface area contributed by atoms with Gasteiger partial charge in [-0.05, 0) is 37.8 Å². The van der Waals surface area contributed by atoms with Crippen LogP contribution in [0.5, 0.6) is 0 Å². The van der Waals surface area contributed by atoms with Crippen LogP contribution < -0.4 is 5.32 Å². The number of carbonyl (C=O) groups excluding carboxylic acids is 1. The molecule has 1 amide bonds. The smallest absolute Gasteiger partial charge is 0.407 e. The van der Waals surface area contributed by atoms with Gasteiger partial charge in [-0.15, -0.1) is 5.10 Å². The van der Waals surface area contributed by atoms with Gasteiger partial charge in [-0.1, -0.05) is 35.5 Å². The second kappa shape index (κ2) is 8.58. The summed E-state index contributed by atoms with van der Waals surface area (Å²) in [5, 5.41) is 13.6. The molecule has 0 radical (unpaired) electrons. The van der Waals surface area contributed by atoms with E-state index in [1.807, 2.05) is 86.5 Å². The summed E-state index contributed by atoms with van der Waals surface area (Å²) in [5.74, 6) is 0. The summed E-state index contributed by atoms with van der Waals surface area (Å²) in [4.78, 5) is 20.9. The third-order valence-corrected chi connectivity index (χ3v) is 5.20. The van der Waals surface area contributed by atoms with E-state index in [0.29, 0.717) is 13.1 Å². The van der Waals surface area contributed by atoms with Crippen molar-refractivity contribution in [1.29, 1.82) is 0 Å². The molecule has 5 aromatic rings. The number of pyridine rings is 2. The van der Waals surface area contributed by atoms with Crippen molar-refractivity contribution in [2.75, 3.05) is 0 Å². The van der Waals surface area contributed by atoms with Gasteiger partial charge in [-0.25, -0.2) is 14.5 Å². The number of fused-ring (bicyclic) bond motifs is 2. The Hall–Kier alpha value is -4.27. The number of carbonyl (C=O) groups is 1. The summed E-state index contributed by atoms with van der Waals surface area (Å²) in [6, 6.07) is 11.9. The van der Waals surface area contributed by atoms with Crippen LogP contribution in [0, 0.1) is 0 Å². The van der Waals surface area contributed by atoms with E-state index in [2.05, 4.69) is 31.7 Å². The zero-order chi connectivity index (χ0) is 23.7. The Balaban J connectivity index is 1.30. The summed E-state index contributed by atoms with van der Waals surface area (Å²) in [6.45, 7) is 6.36. The van der Waals surface area contributed by atoms with Gasteiger partial charge < -0.3 is 14.5 Å². The normalized spacial score (nSPS) is 11.7. The molecule has 4 heterocycles. The molecule has 0 saturated carbocycles. The van der Waals surface area contributed by atoms with Crippen molar-refractivity contribution in [3.63, 3.8) is 0 Å². The molecule has 9 nitrogen and oxygen atoms in total. The molecule has 9 heteroatoms. The molecule has 1 aromatic carbocycles. The van der Waals surface area contributed by atoms with Crippen molar-refractivity contribution >= 4 is 22.5 Å². The Morgan fingerprint density at radius 2 is 1.91 bits per heavy atom. The molecule has 0 saturated heterocycles. The van der Waals surface area contributed by atoms with E-state index in [1.165, 1.54) is 0 Å². The van der Waals surface area contributed by atoms with E-state index in [9.17, 15) is 4.79 Å². The van der Waals surface area contributed by atoms with Crippen molar-refractivity contribution < 1.29 is 9.53 Å². The third kappa shape index (κ3) is 4.73. The van der Waals surface area contributed by atoms with Gasteiger partial charge in [0.25, 0.3) is 0 Å². The number of rotatable bonds is 5. The van der Waals surface area contributed by atoms with Crippen LogP contribution in [0.3, 0.4) is 0 Å². The van der Waals surface area contributed by atoms with Gasteiger partial charge in [-0.3, -0.25) is 4.98 Å². The maximum absolute atomic E-state index is 11.9. The predicted octanol–water partition coefficient (Wildman–Crippen LogP) is 4.21. The van der Waals surface area contributed by atoms with E-state index in [0.717, 1.165) is 38.9 Å². The van der Waals surface area contributed by atoms with E-state index in [1.54, 1.807) is 4.68 Å². The minimum absolute atomic E-state index is 0.365. The number of hydrogen-bond donors (Lipinski definition) is 1. The summed E-state index contributed by atoms with van der Waals surface area (Å²) in [6.07, 6.45) is 9.02. The molecule has 1 N–H and O–H groups in total. The molecular weight excluding hydrogens is 430 g/mol. The first-order chi connectivity index (χ1) is 16.3. The number of aromatic nitrogens is 6. The lowest BCUT2D eigenvalue weighted by Gasteiger charge is -2.19. The van der Waals surface area contributed by atoms with Gasteiger partial charge in [0.2, 0.25) is 0 Å². The topological polar surface area (TPSA) is 99.2 Å². The van der Waals surface area contributed by atoms with Gasteiger partial charge >= 0.3 is 6.09 Å². The summed E-state index contributed by atoms with van der Waals surface area (Å²) < 4.78 is 8.99. The average molecular weight is 456 g/mol. The molecule has 4 aromatic heterocycles. The number of nitrogens with one attached hydrogen (secondary N) is 1. The molecule has 0 unspecified atom stereocenters. The summed E-state index contributed by atoms with van der Waals surface area (Å²) >= 11 is 0. The number of hydrogen-bond acceptors (Lipinski definition) is 6. The number of amides is 1. The first kappa shape index (κ1) is 21.6. The zero-order valence-electron chi connectivity index (χ0n) is 19.3. The van der Waals surface area contributed by atoms with Crippen molar-refractivity contribution in [2.45, 2.75) is 39.5 Å². The highest BCUT2D eigenvalue weighted by Crippen LogP contribution is 2.25. The fourth-order valence-electron chi connectivity index (χ4n) is 3.75. The van der Waals surface area contributed by atoms with Crippen LogP contribution in [-0.4, -0.2) is 41.1 Å². The molecule has 5 rings (SSSR count). The Morgan fingerprint density at radius 3 is 2.76 bits per heavy atom. The standard InChI is InChI=1S/C25H25N7O2/c1-25(2,3)34-24(33)27-10-17-8-9-23-28-19(14-31(23)13-17)15-32-16-22(29-30-32)21-12-26-11-18-6-4-5-7-20(18)21/h4-9,11-14,16H,10,15H2,1-3H3,(H,27,33). The molecule has 0 fully saturated rings. The molecular formula is C25H25N7O2. The van der Waals surface area contributed by atoms with Crippen molar-refractivity contribution in [1.82, 2.24) is 34.7 Å². The highest BCUT2D eigenvalue weighted by molar-refractivity contribution is 5.94. The van der Waals surface area contributed by atoms with E-state index in [4.69, 9.17) is 4.74 Å². The van der Waals surface area contributed by atoms with Crippen molar-refractivity contribution in [2.24, 2.45) is 0 Å². The Labute approximate surface area is 196 Å². The number of ether oxygens (including phenoxy) is 1. The highest BCUT2D eigenvalue weighted by Gasteiger charge is 2.16. The van der Waals surface area contributed by atoms with Crippen LogP contribution in [0.1, 0.15) is 32.0 Å². The minimum Gasteiger partial charge on any atom is -0.444 e. The van der Waals surface area contributed by atoms with Crippen molar-refractivity contribution in [3.05, 3.63) is 78.6 Å². The SMILES string of the molecule is CC(C)(C)OC(=O)NCc1ccc2nc(Cn3cc(-c4cncc5ccccc45)nn3)cn2c1. The summed E-state index contributed by atoms with van der Waals surface area (Å²) in [7, 11) is 0. The Kier molecular flexibility index (Phi) is 5.45. The third-order valence-electron chi connectivity index (χ3n) is 5.20. The van der Waals surface area contributed by atoms with E-state index < -0.39 is 11.7 Å². The number of imidazole rings is 1. The van der Waals surface area contributed by atoms with Crippen LogP contribution >= 0.6 is 0 Å². The quantitative estimate of drug-likeness (QED) is 0.426. The lowest BCUT2D eigenvalue weighted by molar-refractivity contribution is 0.0523. The van der Waals surface area contributed by atoms with Crippen LogP contribution in [0.15, 0.2) is 67.4 Å². The lowest BCUT2D eigenvalue weighted by atomic mass is 10.1. The summed E-state index contributed by atoms with van der Waals surface area (Å²) in [5.41, 5.74) is 3.79. The Morgan fingerprint density at radius 1 is 1.06 bits per heavy atom. The molecule has 0 spiro atoms. The van der Waals surface area contributed by atoms with Crippen molar-refractivity contribution in [3.8, 4) is 11.3 Å². The molecule has 0 aliphatic carbocycles. The molecule has 0 bridgehead atoms. The highest BCUT2D eigenvalue weighted by atomic mass is 16.6. The maximum Gasteiger partial charge on any atom is 0.407 e. The molecule has 0 aliphatic rings. The number of alkyl carbamates (subject to hydrolysis) is 1. The maximum atomic E-state index is 11.9. The van der Waals surface area contributed by atoms with Gasteiger partial charge in [0.15, 0.2) is 0 Å². The zero-order valence-corrected chi connectivity index (χ0v) is 19.3. The van der Waals surface area contributed by atoms with Crippen LogP contribution in [0.2, 0.25) is 0 Å². The molecule has 172 valence electrons. The lowest BCUT2D eigenvalue weighted by Crippen LogP contribution is -2.32. The first-order valence-electron chi connectivity index (χ1n) is 11.0. The van der Waals surface area contributed by atoms with Gasteiger partial charge in [-0.2, -0.15) is 0 Å². The van der Waals surface area contributed by atoms with Crippen LogP contribution in [-0.2, 0) is 17.8 Å². The minimum atomic E-state index is -0.529.